The summed E-state index contributed by atoms with van der Waals surface area (Å²) < 4.78 is 11.4. The summed E-state index contributed by atoms with van der Waals surface area (Å²) in [5.41, 5.74) is 0. The summed E-state index contributed by atoms with van der Waals surface area (Å²) in [7, 11) is 0. The van der Waals surface area contributed by atoms with Gasteiger partial charge in [0, 0.05) is 24.7 Å². The van der Waals surface area contributed by atoms with Crippen LogP contribution in [0.2, 0.25) is 10.0 Å². The number of hydrogen-bond donors (Lipinski definition) is 0. The summed E-state index contributed by atoms with van der Waals surface area (Å²) in [5.74, 6) is 0.681. The van der Waals surface area contributed by atoms with Gasteiger partial charge in [0.15, 0.2) is 0 Å². The predicted octanol–water partition coefficient (Wildman–Crippen LogP) is 3.48. The van der Waals surface area contributed by atoms with E-state index < -0.39 is 0 Å². The maximum absolute atomic E-state index is 6.05. The number of halogens is 2. The van der Waals surface area contributed by atoms with E-state index in [4.69, 9.17) is 32.7 Å². The van der Waals surface area contributed by atoms with Crippen molar-refractivity contribution in [3.8, 4) is 5.75 Å². The lowest BCUT2D eigenvalue weighted by Crippen LogP contribution is -2.46. The summed E-state index contributed by atoms with van der Waals surface area (Å²) in [6.45, 7) is 7.57. The van der Waals surface area contributed by atoms with Gasteiger partial charge in [-0.3, -0.25) is 4.90 Å². The van der Waals surface area contributed by atoms with Crippen LogP contribution < -0.4 is 4.74 Å². The number of benzene rings is 1. The largest absolute Gasteiger partial charge is 0.491 e. The van der Waals surface area contributed by atoms with Gasteiger partial charge in [0.1, 0.15) is 12.4 Å². The molecule has 2 rings (SSSR count). The lowest BCUT2D eigenvalue weighted by Gasteiger charge is -2.35. The Morgan fingerprint density at radius 2 is 1.95 bits per heavy atom. The van der Waals surface area contributed by atoms with Crippen LogP contribution in [0.5, 0.6) is 5.75 Å². The average Bonchev–Trinajstić information content (AvgIpc) is 2.30. The third-order valence-corrected chi connectivity index (χ3v) is 3.58. The standard InChI is InChI=1S/C14H19Cl2NO2/c1-10-8-17(9-11(2)19-10)5-6-18-14-4-3-12(15)7-13(14)16/h3-4,7,10-11H,5-6,8-9H2,1-2H3/t10-,11-/m0/s1. The molecule has 1 heterocycles. The number of morpholine rings is 1. The molecule has 0 N–H and O–H groups in total. The van der Waals surface area contributed by atoms with Gasteiger partial charge in [-0.1, -0.05) is 23.2 Å². The van der Waals surface area contributed by atoms with Crippen molar-refractivity contribution in [2.24, 2.45) is 0 Å². The van der Waals surface area contributed by atoms with E-state index in [9.17, 15) is 0 Å². The molecule has 1 aliphatic heterocycles. The van der Waals surface area contributed by atoms with Crippen LogP contribution in [0.25, 0.3) is 0 Å². The molecule has 1 aliphatic rings. The fraction of sp³-hybridized carbons (Fsp3) is 0.571. The minimum absolute atomic E-state index is 0.280. The first kappa shape index (κ1) is 14.9. The smallest absolute Gasteiger partial charge is 0.138 e. The van der Waals surface area contributed by atoms with Gasteiger partial charge in [0.25, 0.3) is 0 Å². The van der Waals surface area contributed by atoms with Crippen molar-refractivity contribution < 1.29 is 9.47 Å². The highest BCUT2D eigenvalue weighted by atomic mass is 35.5. The molecule has 0 aromatic heterocycles. The number of hydrogen-bond acceptors (Lipinski definition) is 3. The fourth-order valence-electron chi connectivity index (χ4n) is 2.34. The maximum Gasteiger partial charge on any atom is 0.138 e. The van der Waals surface area contributed by atoms with Crippen molar-refractivity contribution in [3.63, 3.8) is 0 Å². The van der Waals surface area contributed by atoms with Gasteiger partial charge in [-0.2, -0.15) is 0 Å². The van der Waals surface area contributed by atoms with E-state index in [1.807, 2.05) is 0 Å². The van der Waals surface area contributed by atoms with E-state index in [1.165, 1.54) is 0 Å². The summed E-state index contributed by atoms with van der Waals surface area (Å²) >= 11 is 11.9. The molecule has 0 amide bonds. The van der Waals surface area contributed by atoms with Gasteiger partial charge in [-0.05, 0) is 32.0 Å². The molecular formula is C14H19Cl2NO2. The zero-order valence-corrected chi connectivity index (χ0v) is 12.7. The van der Waals surface area contributed by atoms with Gasteiger partial charge in [-0.25, -0.2) is 0 Å². The van der Waals surface area contributed by atoms with E-state index in [0.717, 1.165) is 19.6 Å². The van der Waals surface area contributed by atoms with E-state index >= 15 is 0 Å². The Morgan fingerprint density at radius 1 is 1.26 bits per heavy atom. The zero-order chi connectivity index (χ0) is 13.8. The van der Waals surface area contributed by atoms with Crippen molar-refractivity contribution >= 4 is 23.2 Å². The van der Waals surface area contributed by atoms with E-state index in [2.05, 4.69) is 18.7 Å². The molecule has 0 unspecified atom stereocenters. The molecule has 1 saturated heterocycles. The van der Waals surface area contributed by atoms with Crippen molar-refractivity contribution in [2.75, 3.05) is 26.2 Å². The zero-order valence-electron chi connectivity index (χ0n) is 11.2. The van der Waals surface area contributed by atoms with Crippen LogP contribution >= 0.6 is 23.2 Å². The van der Waals surface area contributed by atoms with Gasteiger partial charge in [0.2, 0.25) is 0 Å². The number of nitrogens with zero attached hydrogens (tertiary/aromatic N) is 1. The van der Waals surface area contributed by atoms with Crippen LogP contribution in [0.15, 0.2) is 18.2 Å². The maximum atomic E-state index is 6.05. The monoisotopic (exact) mass is 303 g/mol. The minimum atomic E-state index is 0.280. The van der Waals surface area contributed by atoms with Gasteiger partial charge < -0.3 is 9.47 Å². The van der Waals surface area contributed by atoms with E-state index in [1.54, 1.807) is 18.2 Å². The molecule has 2 atom stereocenters. The number of ether oxygens (including phenoxy) is 2. The van der Waals surface area contributed by atoms with Crippen molar-refractivity contribution in [1.82, 2.24) is 4.90 Å². The average molecular weight is 304 g/mol. The normalized spacial score (nSPS) is 24.4. The minimum Gasteiger partial charge on any atom is -0.491 e. The van der Waals surface area contributed by atoms with Gasteiger partial charge in [0.05, 0.1) is 17.2 Å². The summed E-state index contributed by atoms with van der Waals surface area (Å²) in [5, 5.41) is 1.17. The van der Waals surface area contributed by atoms with Crippen molar-refractivity contribution in [2.45, 2.75) is 26.1 Å². The van der Waals surface area contributed by atoms with Crippen LogP contribution in [0.4, 0.5) is 0 Å². The van der Waals surface area contributed by atoms with Crippen LogP contribution in [0, 0.1) is 0 Å². The first-order chi connectivity index (χ1) is 9.04. The topological polar surface area (TPSA) is 21.7 Å². The molecule has 19 heavy (non-hydrogen) atoms. The lowest BCUT2D eigenvalue weighted by molar-refractivity contribution is -0.0699. The molecule has 5 heteroatoms. The fourth-order valence-corrected chi connectivity index (χ4v) is 2.81. The molecule has 106 valence electrons. The Hall–Kier alpha value is -0.480. The summed E-state index contributed by atoms with van der Waals surface area (Å²) in [4.78, 5) is 2.35. The Kier molecular flexibility index (Phi) is 5.34. The summed E-state index contributed by atoms with van der Waals surface area (Å²) in [6, 6.07) is 5.27. The van der Waals surface area contributed by atoms with E-state index in [0.29, 0.717) is 22.4 Å². The lowest BCUT2D eigenvalue weighted by atomic mass is 10.2. The molecule has 1 fully saturated rings. The molecule has 0 radical (unpaired) electrons. The molecule has 0 saturated carbocycles. The second-order valence-corrected chi connectivity index (χ2v) is 5.78. The predicted molar refractivity (Wildman–Crippen MR) is 78.4 cm³/mol. The molecule has 1 aromatic carbocycles. The van der Waals surface area contributed by atoms with Crippen molar-refractivity contribution in [3.05, 3.63) is 28.2 Å². The van der Waals surface area contributed by atoms with Crippen LogP contribution in [-0.2, 0) is 4.74 Å². The van der Waals surface area contributed by atoms with Crippen LogP contribution in [0.3, 0.4) is 0 Å². The van der Waals surface area contributed by atoms with Gasteiger partial charge in [-0.15, -0.1) is 0 Å². The quantitative estimate of drug-likeness (QED) is 0.850. The highest BCUT2D eigenvalue weighted by molar-refractivity contribution is 6.35. The van der Waals surface area contributed by atoms with E-state index in [-0.39, 0.29) is 12.2 Å². The molecule has 0 aliphatic carbocycles. The molecule has 3 nitrogen and oxygen atoms in total. The van der Waals surface area contributed by atoms with Crippen LogP contribution in [-0.4, -0.2) is 43.3 Å². The number of rotatable bonds is 4. The Labute approximate surface area is 124 Å². The van der Waals surface area contributed by atoms with Gasteiger partial charge >= 0.3 is 0 Å². The third kappa shape index (κ3) is 4.53. The first-order valence-electron chi connectivity index (χ1n) is 6.50. The highest BCUT2D eigenvalue weighted by Gasteiger charge is 2.21. The second-order valence-electron chi connectivity index (χ2n) is 4.94. The molecule has 0 bridgehead atoms. The Morgan fingerprint density at radius 3 is 2.58 bits per heavy atom. The Bertz CT molecular complexity index is 418. The molecule has 0 spiro atoms. The Balaban J connectivity index is 1.80. The second kappa shape index (κ2) is 6.80. The van der Waals surface area contributed by atoms with Crippen molar-refractivity contribution in [1.29, 1.82) is 0 Å². The highest BCUT2D eigenvalue weighted by Crippen LogP contribution is 2.27. The van der Waals surface area contributed by atoms with Crippen LogP contribution in [0.1, 0.15) is 13.8 Å². The third-order valence-electron chi connectivity index (χ3n) is 3.05. The SMILES string of the molecule is C[C@H]1CN(CCOc2ccc(Cl)cc2Cl)C[C@H](C)O1. The summed E-state index contributed by atoms with van der Waals surface area (Å²) in [6.07, 6.45) is 0.561. The molecule has 1 aromatic rings. The first-order valence-corrected chi connectivity index (χ1v) is 7.26. The molecular weight excluding hydrogens is 285 g/mol.